The maximum atomic E-state index is 12.7. The molecular weight excluding hydrogens is 394 g/mol. The number of morpholine rings is 1. The Hall–Kier alpha value is -2.71. The van der Waals surface area contributed by atoms with Crippen LogP contribution in [0.25, 0.3) is 0 Å². The minimum atomic E-state index is 0.0386. The second kappa shape index (κ2) is 10.1. The van der Waals surface area contributed by atoms with E-state index in [1.807, 2.05) is 52.0 Å². The lowest BCUT2D eigenvalue weighted by atomic mass is 10.1. The quantitative estimate of drug-likeness (QED) is 0.697. The van der Waals surface area contributed by atoms with E-state index in [0.29, 0.717) is 31.9 Å². The lowest BCUT2D eigenvalue weighted by Gasteiger charge is -2.34. The molecule has 8 nitrogen and oxygen atoms in total. The van der Waals surface area contributed by atoms with Crippen molar-refractivity contribution < 1.29 is 14.3 Å². The highest BCUT2D eigenvalue weighted by atomic mass is 16.5. The van der Waals surface area contributed by atoms with E-state index in [2.05, 4.69) is 9.88 Å². The van der Waals surface area contributed by atoms with Crippen LogP contribution in [0.2, 0.25) is 0 Å². The summed E-state index contributed by atoms with van der Waals surface area (Å²) in [5.74, 6) is 0.150. The van der Waals surface area contributed by atoms with E-state index in [-0.39, 0.29) is 11.8 Å². The Morgan fingerprint density at radius 3 is 2.45 bits per heavy atom. The Balaban J connectivity index is 1.22. The average molecular weight is 426 g/mol. The van der Waals surface area contributed by atoms with E-state index in [1.165, 1.54) is 0 Å². The van der Waals surface area contributed by atoms with Crippen LogP contribution < -0.4 is 0 Å². The van der Waals surface area contributed by atoms with E-state index in [0.717, 1.165) is 56.8 Å². The zero-order valence-corrected chi connectivity index (χ0v) is 18.2. The van der Waals surface area contributed by atoms with Crippen molar-refractivity contribution in [1.82, 2.24) is 24.3 Å². The first-order valence-corrected chi connectivity index (χ1v) is 11.1. The zero-order chi connectivity index (χ0) is 21.6. The first-order valence-electron chi connectivity index (χ1n) is 11.1. The van der Waals surface area contributed by atoms with Crippen molar-refractivity contribution in [2.45, 2.75) is 12.8 Å². The molecule has 2 saturated heterocycles. The Bertz CT molecular complexity index is 898. The number of rotatable bonds is 6. The van der Waals surface area contributed by atoms with Crippen LogP contribution in [-0.4, -0.2) is 95.1 Å². The zero-order valence-electron chi connectivity index (χ0n) is 18.2. The minimum absolute atomic E-state index is 0.0386. The summed E-state index contributed by atoms with van der Waals surface area (Å²) in [6.45, 7) is 6.76. The highest BCUT2D eigenvalue weighted by Gasteiger charge is 2.23. The molecule has 0 N–H and O–H groups in total. The van der Waals surface area contributed by atoms with Gasteiger partial charge in [0.15, 0.2) is 0 Å². The number of amides is 2. The van der Waals surface area contributed by atoms with Gasteiger partial charge in [-0.15, -0.1) is 0 Å². The highest BCUT2D eigenvalue weighted by molar-refractivity contribution is 5.94. The van der Waals surface area contributed by atoms with Crippen LogP contribution in [0.3, 0.4) is 0 Å². The van der Waals surface area contributed by atoms with Crippen LogP contribution >= 0.6 is 0 Å². The third kappa shape index (κ3) is 5.32. The maximum absolute atomic E-state index is 12.7. The largest absolute Gasteiger partial charge is 0.378 e. The van der Waals surface area contributed by atoms with Crippen molar-refractivity contribution in [2.75, 3.05) is 59.0 Å². The molecule has 0 unspecified atom stereocenters. The van der Waals surface area contributed by atoms with Gasteiger partial charge < -0.3 is 19.1 Å². The topological polar surface area (TPSA) is 70.9 Å². The van der Waals surface area contributed by atoms with Crippen molar-refractivity contribution in [3.63, 3.8) is 0 Å². The molecule has 2 fully saturated rings. The molecule has 2 aliphatic heterocycles. The van der Waals surface area contributed by atoms with Gasteiger partial charge in [-0.25, -0.2) is 0 Å². The predicted octanol–water partition coefficient (Wildman–Crippen LogP) is 1.28. The van der Waals surface area contributed by atoms with Crippen LogP contribution in [0.4, 0.5) is 0 Å². The monoisotopic (exact) mass is 425 g/mol. The van der Waals surface area contributed by atoms with E-state index in [9.17, 15) is 9.59 Å². The molecule has 4 rings (SSSR count). The van der Waals surface area contributed by atoms with Crippen LogP contribution in [0.15, 0.2) is 36.8 Å². The smallest absolute Gasteiger partial charge is 0.270 e. The minimum Gasteiger partial charge on any atom is -0.378 e. The summed E-state index contributed by atoms with van der Waals surface area (Å²) < 4.78 is 7.20. The fourth-order valence-corrected chi connectivity index (χ4v) is 4.22. The number of hydrogen-bond donors (Lipinski definition) is 0. The lowest BCUT2D eigenvalue weighted by molar-refractivity contribution is 0.0302. The fraction of sp³-hybridized carbons (Fsp3) is 0.522. The molecule has 0 atom stereocenters. The fourth-order valence-electron chi connectivity index (χ4n) is 4.22. The third-order valence-corrected chi connectivity index (χ3v) is 6.10. The second-order valence-electron chi connectivity index (χ2n) is 8.23. The van der Waals surface area contributed by atoms with Gasteiger partial charge in [0.2, 0.25) is 0 Å². The third-order valence-electron chi connectivity index (χ3n) is 6.10. The van der Waals surface area contributed by atoms with Crippen molar-refractivity contribution >= 4 is 11.8 Å². The molecule has 8 heteroatoms. The van der Waals surface area contributed by atoms with Gasteiger partial charge in [-0.1, -0.05) is 0 Å². The normalized spacial score (nSPS) is 17.7. The molecular formula is C23H31N5O3. The lowest BCUT2D eigenvalue weighted by Crippen LogP contribution is -2.49. The number of ether oxygens (including phenoxy) is 1. The van der Waals surface area contributed by atoms with Gasteiger partial charge in [-0.2, -0.15) is 0 Å². The molecule has 0 bridgehead atoms. The van der Waals surface area contributed by atoms with Gasteiger partial charge in [0.1, 0.15) is 5.69 Å². The van der Waals surface area contributed by atoms with E-state index < -0.39 is 0 Å². The molecule has 0 spiro atoms. The molecule has 31 heavy (non-hydrogen) atoms. The highest BCUT2D eigenvalue weighted by Crippen LogP contribution is 2.12. The van der Waals surface area contributed by atoms with Gasteiger partial charge in [-0.05, 0) is 43.1 Å². The van der Waals surface area contributed by atoms with E-state index in [4.69, 9.17) is 4.74 Å². The number of aryl methyl sites for hydroxylation is 2. The molecule has 0 aliphatic carbocycles. The number of nitrogens with zero attached hydrogens (tertiary/aromatic N) is 5. The molecule has 0 aromatic carbocycles. The van der Waals surface area contributed by atoms with Crippen LogP contribution in [0.5, 0.6) is 0 Å². The summed E-state index contributed by atoms with van der Waals surface area (Å²) in [5.41, 5.74) is 2.50. The standard InChI is InChI=1S/C23H31N5O3/c1-25-6-3-5-21(25)23(30)27-10-8-26(9-11-27)7-2-4-19-16-20(18-24-17-19)22(29)28-12-14-31-15-13-28/h3,5-6,16-18H,2,4,7-15H2,1H3. The number of carbonyl (C=O) groups excluding carboxylic acids is 2. The summed E-state index contributed by atoms with van der Waals surface area (Å²) in [4.78, 5) is 35.8. The SMILES string of the molecule is Cn1cccc1C(=O)N1CCN(CCCc2cncc(C(=O)N3CCOCC3)c2)CC1. The summed E-state index contributed by atoms with van der Waals surface area (Å²) in [6, 6.07) is 5.75. The van der Waals surface area contributed by atoms with Gasteiger partial charge >= 0.3 is 0 Å². The van der Waals surface area contributed by atoms with Crippen LogP contribution in [-0.2, 0) is 18.2 Å². The molecule has 0 saturated carbocycles. The van der Waals surface area contributed by atoms with Crippen molar-refractivity contribution in [2.24, 2.45) is 7.05 Å². The summed E-state index contributed by atoms with van der Waals surface area (Å²) >= 11 is 0. The van der Waals surface area contributed by atoms with E-state index >= 15 is 0 Å². The molecule has 2 aromatic rings. The van der Waals surface area contributed by atoms with Crippen LogP contribution in [0.1, 0.15) is 32.8 Å². The number of aromatic nitrogens is 2. The summed E-state index contributed by atoms with van der Waals surface area (Å²) in [7, 11) is 1.90. The number of pyridine rings is 1. The van der Waals surface area contributed by atoms with Gasteiger partial charge in [0.25, 0.3) is 11.8 Å². The Morgan fingerprint density at radius 1 is 1.00 bits per heavy atom. The Morgan fingerprint density at radius 2 is 1.74 bits per heavy atom. The number of piperazine rings is 1. The first-order chi connectivity index (χ1) is 15.1. The number of hydrogen-bond acceptors (Lipinski definition) is 5. The molecule has 0 radical (unpaired) electrons. The van der Waals surface area contributed by atoms with Crippen molar-refractivity contribution in [3.05, 3.63) is 53.6 Å². The van der Waals surface area contributed by atoms with Crippen LogP contribution in [0, 0.1) is 0 Å². The maximum Gasteiger partial charge on any atom is 0.270 e. The van der Waals surface area contributed by atoms with Gasteiger partial charge in [0.05, 0.1) is 18.8 Å². The predicted molar refractivity (Wildman–Crippen MR) is 117 cm³/mol. The molecule has 2 aliphatic rings. The second-order valence-corrected chi connectivity index (χ2v) is 8.23. The van der Waals surface area contributed by atoms with Crippen molar-refractivity contribution in [1.29, 1.82) is 0 Å². The Labute approximate surface area is 183 Å². The molecule has 4 heterocycles. The number of carbonyl (C=O) groups is 2. The average Bonchev–Trinajstić information content (AvgIpc) is 3.25. The summed E-state index contributed by atoms with van der Waals surface area (Å²) in [5, 5.41) is 0. The van der Waals surface area contributed by atoms with Gasteiger partial charge in [0, 0.05) is 64.9 Å². The molecule has 2 aromatic heterocycles. The molecule has 2 amide bonds. The van der Waals surface area contributed by atoms with Crippen molar-refractivity contribution in [3.8, 4) is 0 Å². The summed E-state index contributed by atoms with van der Waals surface area (Å²) in [6.07, 6.45) is 7.31. The van der Waals surface area contributed by atoms with Gasteiger partial charge in [-0.3, -0.25) is 19.5 Å². The first kappa shape index (κ1) is 21.5. The Kier molecular flexibility index (Phi) is 6.99. The van der Waals surface area contributed by atoms with E-state index in [1.54, 1.807) is 6.20 Å². The molecule has 166 valence electrons.